The van der Waals surface area contributed by atoms with Gasteiger partial charge in [0.05, 0.1) is 11.0 Å². The van der Waals surface area contributed by atoms with Gasteiger partial charge in [0.2, 0.25) is 0 Å². The highest BCUT2D eigenvalue weighted by atomic mass is 16.6. The summed E-state index contributed by atoms with van der Waals surface area (Å²) >= 11 is 0. The molecule has 1 heterocycles. The van der Waals surface area contributed by atoms with Crippen LogP contribution in [0.5, 0.6) is 0 Å². The average molecular weight is 279 g/mol. The second kappa shape index (κ2) is 6.56. The highest BCUT2D eigenvalue weighted by molar-refractivity contribution is 5.76. The topological polar surface area (TPSA) is 76.4 Å². The Labute approximate surface area is 118 Å². The molecule has 1 saturated heterocycles. The first-order valence-electron chi connectivity index (χ1n) is 7.01. The van der Waals surface area contributed by atoms with Crippen molar-refractivity contribution in [1.29, 1.82) is 0 Å². The van der Waals surface area contributed by atoms with Crippen molar-refractivity contribution in [3.8, 4) is 0 Å². The predicted octanol–water partition coefficient (Wildman–Crippen LogP) is 3.01. The van der Waals surface area contributed by atoms with E-state index in [9.17, 15) is 10.1 Å². The zero-order chi connectivity index (χ0) is 14.5. The van der Waals surface area contributed by atoms with Gasteiger partial charge in [-0.3, -0.25) is 10.1 Å². The minimum atomic E-state index is -0.330. The molecule has 0 aromatic heterocycles. The predicted molar refractivity (Wildman–Crippen MR) is 79.3 cm³/mol. The molecule has 0 aliphatic carbocycles. The molecular formula is C14H21N3O3. The number of hydrogen-bond donors (Lipinski definition) is 2. The summed E-state index contributed by atoms with van der Waals surface area (Å²) in [4.78, 5) is 11.0. The number of benzene rings is 1. The van der Waals surface area contributed by atoms with Crippen LogP contribution in [0.2, 0.25) is 0 Å². The molecule has 0 amide bonds. The van der Waals surface area contributed by atoms with Gasteiger partial charge in [0.15, 0.2) is 0 Å². The van der Waals surface area contributed by atoms with Gasteiger partial charge in [-0.25, -0.2) is 0 Å². The van der Waals surface area contributed by atoms with E-state index in [4.69, 9.17) is 4.74 Å². The van der Waals surface area contributed by atoms with Crippen molar-refractivity contribution in [1.82, 2.24) is 0 Å². The highest BCUT2D eigenvalue weighted by Gasteiger charge is 2.24. The van der Waals surface area contributed by atoms with Gasteiger partial charge in [0.25, 0.3) is 0 Å². The van der Waals surface area contributed by atoms with Crippen molar-refractivity contribution in [3.05, 3.63) is 28.3 Å². The number of ether oxygens (including phenoxy) is 1. The average Bonchev–Trinajstić information content (AvgIpc) is 2.39. The first-order chi connectivity index (χ1) is 9.61. The third-order valence-electron chi connectivity index (χ3n) is 3.43. The van der Waals surface area contributed by atoms with Gasteiger partial charge in [-0.15, -0.1) is 0 Å². The molecule has 0 spiro atoms. The van der Waals surface area contributed by atoms with Gasteiger partial charge < -0.3 is 15.4 Å². The lowest BCUT2D eigenvalue weighted by molar-refractivity contribution is -0.383. The Bertz CT molecular complexity index is 479. The Morgan fingerprint density at radius 3 is 2.85 bits per heavy atom. The normalized spacial score (nSPS) is 22.3. The quantitative estimate of drug-likeness (QED) is 0.640. The maximum Gasteiger partial charge on any atom is 0.315 e. The zero-order valence-corrected chi connectivity index (χ0v) is 11.9. The Hall–Kier alpha value is -1.82. The maximum atomic E-state index is 11.3. The van der Waals surface area contributed by atoms with Gasteiger partial charge in [-0.05, 0) is 38.8 Å². The number of para-hydroxylation sites is 1. The molecule has 1 aliphatic rings. The lowest BCUT2D eigenvalue weighted by Crippen LogP contribution is -2.32. The van der Waals surface area contributed by atoms with Crippen molar-refractivity contribution in [3.63, 3.8) is 0 Å². The summed E-state index contributed by atoms with van der Waals surface area (Å²) in [6.45, 7) is 5.29. The van der Waals surface area contributed by atoms with Crippen LogP contribution in [-0.2, 0) is 4.74 Å². The van der Waals surface area contributed by atoms with E-state index >= 15 is 0 Å². The monoisotopic (exact) mass is 279 g/mol. The summed E-state index contributed by atoms with van der Waals surface area (Å²) < 4.78 is 5.50. The second-order valence-electron chi connectivity index (χ2n) is 5.04. The molecule has 110 valence electrons. The molecule has 2 atom stereocenters. The van der Waals surface area contributed by atoms with Crippen LogP contribution in [0.3, 0.4) is 0 Å². The van der Waals surface area contributed by atoms with Crippen LogP contribution in [0.25, 0.3) is 0 Å². The van der Waals surface area contributed by atoms with E-state index in [2.05, 4.69) is 10.6 Å². The van der Waals surface area contributed by atoms with Crippen LogP contribution in [0.1, 0.15) is 26.7 Å². The first-order valence-corrected chi connectivity index (χ1v) is 7.01. The molecule has 6 nitrogen and oxygen atoms in total. The van der Waals surface area contributed by atoms with E-state index in [1.54, 1.807) is 12.1 Å². The molecule has 2 N–H and O–H groups in total. The van der Waals surface area contributed by atoms with Crippen molar-refractivity contribution >= 4 is 17.1 Å². The molecule has 1 fully saturated rings. The minimum absolute atomic E-state index is 0.119. The van der Waals surface area contributed by atoms with Crippen LogP contribution in [0.15, 0.2) is 18.2 Å². The zero-order valence-electron chi connectivity index (χ0n) is 11.9. The number of nitro groups is 1. The van der Waals surface area contributed by atoms with E-state index in [1.807, 2.05) is 19.9 Å². The van der Waals surface area contributed by atoms with Crippen molar-refractivity contribution < 1.29 is 9.66 Å². The van der Waals surface area contributed by atoms with E-state index in [0.29, 0.717) is 24.5 Å². The fourth-order valence-electron chi connectivity index (χ4n) is 2.54. The van der Waals surface area contributed by atoms with Crippen LogP contribution >= 0.6 is 0 Å². The third-order valence-corrected chi connectivity index (χ3v) is 3.43. The molecule has 1 aromatic carbocycles. The van der Waals surface area contributed by atoms with E-state index < -0.39 is 0 Å². The van der Waals surface area contributed by atoms with Crippen molar-refractivity contribution in [2.24, 2.45) is 0 Å². The molecule has 6 heteroatoms. The molecule has 1 aromatic rings. The van der Waals surface area contributed by atoms with Gasteiger partial charge in [-0.1, -0.05) is 6.07 Å². The Balaban J connectivity index is 2.21. The molecule has 0 saturated carbocycles. The number of nitro benzene ring substituents is 1. The van der Waals surface area contributed by atoms with Gasteiger partial charge in [0, 0.05) is 19.2 Å². The molecule has 2 unspecified atom stereocenters. The van der Waals surface area contributed by atoms with Gasteiger partial charge >= 0.3 is 5.69 Å². The highest BCUT2D eigenvalue weighted by Crippen LogP contribution is 2.34. The summed E-state index contributed by atoms with van der Waals surface area (Å²) in [6.07, 6.45) is 1.92. The third kappa shape index (κ3) is 3.39. The molecule has 20 heavy (non-hydrogen) atoms. The number of hydrogen-bond acceptors (Lipinski definition) is 5. The number of nitrogens with zero attached hydrogens (tertiary/aromatic N) is 1. The Kier molecular flexibility index (Phi) is 4.79. The molecule has 1 aliphatic heterocycles. The fourth-order valence-corrected chi connectivity index (χ4v) is 2.54. The van der Waals surface area contributed by atoms with Crippen molar-refractivity contribution in [2.75, 3.05) is 23.8 Å². The van der Waals surface area contributed by atoms with Crippen molar-refractivity contribution in [2.45, 2.75) is 38.8 Å². The number of anilines is 2. The number of nitrogens with one attached hydrogen (secondary N) is 2. The first kappa shape index (κ1) is 14.6. The molecule has 0 radical (unpaired) electrons. The van der Waals surface area contributed by atoms with Gasteiger partial charge in [-0.2, -0.15) is 0 Å². The Morgan fingerprint density at radius 2 is 2.20 bits per heavy atom. The lowest BCUT2D eigenvalue weighted by Gasteiger charge is -2.28. The standard InChI is InChI=1S/C14H21N3O3/c1-3-15-12-5-4-6-13(14(12)17(18)19)16-11-7-8-20-10(2)9-11/h4-6,10-11,15-16H,3,7-9H2,1-2H3. The largest absolute Gasteiger partial charge is 0.380 e. The summed E-state index contributed by atoms with van der Waals surface area (Å²) in [7, 11) is 0. The van der Waals surface area contributed by atoms with Crippen LogP contribution < -0.4 is 10.6 Å². The summed E-state index contributed by atoms with van der Waals surface area (Å²) in [5.74, 6) is 0. The van der Waals surface area contributed by atoms with Gasteiger partial charge in [0.1, 0.15) is 11.4 Å². The lowest BCUT2D eigenvalue weighted by atomic mass is 10.0. The van der Waals surface area contributed by atoms with E-state index in [-0.39, 0.29) is 22.8 Å². The van der Waals surface area contributed by atoms with E-state index in [1.165, 1.54) is 0 Å². The molecule has 2 rings (SSSR count). The number of rotatable bonds is 5. The Morgan fingerprint density at radius 1 is 1.45 bits per heavy atom. The molecule has 0 bridgehead atoms. The summed E-state index contributed by atoms with van der Waals surface area (Å²) in [5, 5.41) is 17.7. The maximum absolute atomic E-state index is 11.3. The SMILES string of the molecule is CCNc1cccc(NC2CCOC(C)C2)c1[N+](=O)[O-]. The molecular weight excluding hydrogens is 258 g/mol. The van der Waals surface area contributed by atoms with Crippen LogP contribution in [-0.4, -0.2) is 30.2 Å². The smallest absolute Gasteiger partial charge is 0.315 e. The second-order valence-corrected chi connectivity index (χ2v) is 5.04. The summed E-state index contributed by atoms with van der Waals surface area (Å²) in [5.41, 5.74) is 1.25. The summed E-state index contributed by atoms with van der Waals surface area (Å²) in [6, 6.07) is 5.54. The van der Waals surface area contributed by atoms with Crippen LogP contribution in [0, 0.1) is 10.1 Å². The fraction of sp³-hybridized carbons (Fsp3) is 0.571. The van der Waals surface area contributed by atoms with E-state index in [0.717, 1.165) is 12.8 Å². The minimum Gasteiger partial charge on any atom is -0.380 e. The van der Waals surface area contributed by atoms with Crippen LogP contribution in [0.4, 0.5) is 17.1 Å².